The Hall–Kier alpha value is -1.61. The lowest BCUT2D eigenvalue weighted by molar-refractivity contribution is -0.164. The number of rotatable bonds is 3. The highest BCUT2D eigenvalue weighted by atomic mass is 16.6. The van der Waals surface area contributed by atoms with E-state index in [4.69, 9.17) is 4.74 Å². The molecule has 0 aliphatic heterocycles. The molecule has 4 rings (SSSR count). The Labute approximate surface area is 144 Å². The summed E-state index contributed by atoms with van der Waals surface area (Å²) in [7, 11) is 0. The summed E-state index contributed by atoms with van der Waals surface area (Å²) in [5.74, 6) is 0.0524. The van der Waals surface area contributed by atoms with Crippen LogP contribution >= 0.6 is 0 Å². The molecule has 3 heteroatoms. The largest absolute Gasteiger partial charge is 0.460 e. The van der Waals surface area contributed by atoms with E-state index < -0.39 is 11.2 Å². The second-order valence-corrected chi connectivity index (χ2v) is 8.39. The molecule has 3 nitrogen and oxygen atoms in total. The van der Waals surface area contributed by atoms with Gasteiger partial charge in [-0.3, -0.25) is 4.79 Å². The Morgan fingerprint density at radius 1 is 1.29 bits per heavy atom. The first kappa shape index (κ1) is 17.2. The minimum atomic E-state index is -0.961. The summed E-state index contributed by atoms with van der Waals surface area (Å²) in [5.41, 5.74) is 2.43. The molecule has 130 valence electrons. The second kappa shape index (κ2) is 6.03. The highest BCUT2D eigenvalue weighted by molar-refractivity contribution is 5.75. The zero-order chi connectivity index (χ0) is 17.5. The molecular weight excluding hydrogens is 300 g/mol. The topological polar surface area (TPSA) is 46.5 Å². The van der Waals surface area contributed by atoms with Gasteiger partial charge < -0.3 is 9.84 Å². The Balaban J connectivity index is 1.81. The van der Waals surface area contributed by atoms with E-state index in [1.165, 1.54) is 16.7 Å². The molecule has 2 bridgehead atoms. The van der Waals surface area contributed by atoms with Gasteiger partial charge in [-0.1, -0.05) is 30.3 Å². The molecule has 0 aromatic heterocycles. The highest BCUT2D eigenvalue weighted by Gasteiger charge is 2.48. The van der Waals surface area contributed by atoms with Crippen LogP contribution in [0.1, 0.15) is 57.6 Å². The first-order chi connectivity index (χ1) is 11.2. The SMILES string of the molecule is Cc1ccccc1C1=C[C@H]2CC[C@@H]1C[C@@]2(O)CC(=O)OC(C)(C)C. The van der Waals surface area contributed by atoms with Crippen LogP contribution < -0.4 is 0 Å². The quantitative estimate of drug-likeness (QED) is 0.843. The van der Waals surface area contributed by atoms with E-state index in [0.717, 1.165) is 12.8 Å². The van der Waals surface area contributed by atoms with Gasteiger partial charge in [0.25, 0.3) is 0 Å². The fraction of sp³-hybridized carbons (Fsp3) is 0.571. The van der Waals surface area contributed by atoms with Crippen LogP contribution in [0.4, 0.5) is 0 Å². The van der Waals surface area contributed by atoms with E-state index in [9.17, 15) is 9.90 Å². The Morgan fingerprint density at radius 2 is 2.00 bits per heavy atom. The number of benzene rings is 1. The minimum absolute atomic E-state index is 0.0321. The van der Waals surface area contributed by atoms with Crippen LogP contribution in [0.15, 0.2) is 30.3 Å². The number of allylic oxidation sites excluding steroid dienone is 1. The van der Waals surface area contributed by atoms with E-state index in [1.807, 2.05) is 20.8 Å². The van der Waals surface area contributed by atoms with E-state index in [-0.39, 0.29) is 18.3 Å². The summed E-state index contributed by atoms with van der Waals surface area (Å²) in [6.45, 7) is 7.71. The third kappa shape index (κ3) is 3.41. The molecule has 1 N–H and O–H groups in total. The molecule has 0 unspecified atom stereocenters. The van der Waals surface area contributed by atoms with Crippen molar-refractivity contribution in [3.63, 3.8) is 0 Å². The number of carbonyl (C=O) groups is 1. The number of hydrogen-bond donors (Lipinski definition) is 1. The van der Waals surface area contributed by atoms with Gasteiger partial charge in [-0.05, 0) is 69.6 Å². The van der Waals surface area contributed by atoms with Crippen molar-refractivity contribution in [1.82, 2.24) is 0 Å². The number of carbonyl (C=O) groups excluding carboxylic acids is 1. The maximum Gasteiger partial charge on any atom is 0.309 e. The van der Waals surface area contributed by atoms with Crippen molar-refractivity contribution in [2.75, 3.05) is 0 Å². The Kier molecular flexibility index (Phi) is 4.33. The summed E-state index contributed by atoms with van der Waals surface area (Å²) in [5, 5.41) is 11.1. The van der Waals surface area contributed by atoms with Crippen LogP contribution in [0.2, 0.25) is 0 Å². The van der Waals surface area contributed by atoms with Crippen LogP contribution in [0, 0.1) is 18.8 Å². The van der Waals surface area contributed by atoms with Crippen molar-refractivity contribution in [2.45, 2.75) is 64.6 Å². The van der Waals surface area contributed by atoms with Gasteiger partial charge in [0.1, 0.15) is 5.60 Å². The van der Waals surface area contributed by atoms with Crippen molar-refractivity contribution >= 4 is 11.5 Å². The van der Waals surface area contributed by atoms with Crippen LogP contribution in [-0.4, -0.2) is 22.3 Å². The fourth-order valence-electron chi connectivity index (χ4n) is 4.22. The molecule has 1 saturated carbocycles. The average Bonchev–Trinajstić information content (AvgIpc) is 2.45. The molecule has 0 saturated heterocycles. The van der Waals surface area contributed by atoms with E-state index in [0.29, 0.717) is 12.3 Å². The summed E-state index contributed by atoms with van der Waals surface area (Å²) in [6.07, 6.45) is 4.98. The van der Waals surface area contributed by atoms with Crippen LogP contribution in [0.3, 0.4) is 0 Å². The lowest BCUT2D eigenvalue weighted by Gasteiger charge is -2.47. The molecular formula is C21H28O3. The molecule has 3 aliphatic rings. The highest BCUT2D eigenvalue weighted by Crippen LogP contribution is 2.51. The van der Waals surface area contributed by atoms with Gasteiger partial charge in [0, 0.05) is 5.92 Å². The molecule has 24 heavy (non-hydrogen) atoms. The van der Waals surface area contributed by atoms with Crippen molar-refractivity contribution in [2.24, 2.45) is 11.8 Å². The molecule has 3 aliphatic carbocycles. The van der Waals surface area contributed by atoms with Crippen molar-refractivity contribution in [3.05, 3.63) is 41.5 Å². The first-order valence-electron chi connectivity index (χ1n) is 8.90. The molecule has 3 atom stereocenters. The third-order valence-electron chi connectivity index (χ3n) is 5.26. The first-order valence-corrected chi connectivity index (χ1v) is 8.90. The number of fused-ring (bicyclic) bond motifs is 2. The zero-order valence-corrected chi connectivity index (χ0v) is 15.1. The van der Waals surface area contributed by atoms with E-state index in [2.05, 4.69) is 37.3 Å². The summed E-state index contributed by atoms with van der Waals surface area (Å²) in [6, 6.07) is 8.41. The van der Waals surface area contributed by atoms with Crippen molar-refractivity contribution in [3.8, 4) is 0 Å². The molecule has 1 fully saturated rings. The van der Waals surface area contributed by atoms with Gasteiger partial charge >= 0.3 is 5.97 Å². The van der Waals surface area contributed by atoms with Gasteiger partial charge in [0.15, 0.2) is 0 Å². The predicted molar refractivity (Wildman–Crippen MR) is 95.4 cm³/mol. The van der Waals surface area contributed by atoms with Crippen LogP contribution in [-0.2, 0) is 9.53 Å². The molecule has 0 radical (unpaired) electrons. The van der Waals surface area contributed by atoms with E-state index >= 15 is 0 Å². The predicted octanol–water partition coefficient (Wildman–Crippen LogP) is 4.27. The average molecular weight is 328 g/mol. The molecule has 1 aromatic rings. The molecule has 0 amide bonds. The van der Waals surface area contributed by atoms with Crippen LogP contribution in [0.5, 0.6) is 0 Å². The monoisotopic (exact) mass is 328 g/mol. The number of aliphatic hydroxyl groups is 1. The third-order valence-corrected chi connectivity index (χ3v) is 5.26. The normalized spacial score (nSPS) is 29.3. The maximum absolute atomic E-state index is 12.2. The summed E-state index contributed by atoms with van der Waals surface area (Å²) >= 11 is 0. The summed E-state index contributed by atoms with van der Waals surface area (Å²) in [4.78, 5) is 12.2. The van der Waals surface area contributed by atoms with Gasteiger partial charge in [0.05, 0.1) is 12.0 Å². The zero-order valence-electron chi connectivity index (χ0n) is 15.1. The molecule has 1 aromatic carbocycles. The maximum atomic E-state index is 12.2. The van der Waals surface area contributed by atoms with Gasteiger partial charge in [-0.2, -0.15) is 0 Å². The Bertz CT molecular complexity index is 668. The fourth-order valence-corrected chi connectivity index (χ4v) is 4.22. The number of esters is 1. The Morgan fingerprint density at radius 3 is 2.58 bits per heavy atom. The minimum Gasteiger partial charge on any atom is -0.460 e. The van der Waals surface area contributed by atoms with Crippen LogP contribution in [0.25, 0.3) is 5.57 Å². The lowest BCUT2D eigenvalue weighted by Crippen LogP contribution is -2.48. The molecule has 0 heterocycles. The number of aryl methyl sites for hydroxylation is 1. The molecule has 0 spiro atoms. The standard InChI is InChI=1S/C21H28O3/c1-14-7-5-6-8-17(14)18-11-16-10-9-15(18)12-21(16,23)13-19(22)24-20(2,3)4/h5-8,11,15-16,23H,9-10,12-13H2,1-4H3/t15-,16-,21-/m1/s1. The smallest absolute Gasteiger partial charge is 0.309 e. The van der Waals surface area contributed by atoms with Gasteiger partial charge in [-0.15, -0.1) is 0 Å². The second-order valence-electron chi connectivity index (χ2n) is 8.39. The lowest BCUT2D eigenvalue weighted by atomic mass is 9.61. The van der Waals surface area contributed by atoms with Gasteiger partial charge in [-0.25, -0.2) is 0 Å². The number of ether oxygens (including phenoxy) is 1. The number of hydrogen-bond acceptors (Lipinski definition) is 3. The van der Waals surface area contributed by atoms with Crippen molar-refractivity contribution in [1.29, 1.82) is 0 Å². The van der Waals surface area contributed by atoms with Crippen molar-refractivity contribution < 1.29 is 14.6 Å². The van der Waals surface area contributed by atoms with E-state index in [1.54, 1.807) is 0 Å². The van der Waals surface area contributed by atoms with Gasteiger partial charge in [0.2, 0.25) is 0 Å². The summed E-state index contributed by atoms with van der Waals surface area (Å²) < 4.78 is 5.42.